The maximum atomic E-state index is 13.1. The van der Waals surface area contributed by atoms with Crippen molar-refractivity contribution in [1.29, 1.82) is 0 Å². The topological polar surface area (TPSA) is 322 Å². The van der Waals surface area contributed by atoms with E-state index in [1.807, 2.05) is 24.3 Å². The second kappa shape index (κ2) is 67.1. The molecule has 0 amide bonds. The Morgan fingerprint density at radius 2 is 0.770 bits per heavy atom. The van der Waals surface area contributed by atoms with Crippen LogP contribution in [0.25, 0.3) is 0 Å². The maximum absolute atomic E-state index is 13.1. The average Bonchev–Trinajstić information content (AvgIpc) is 1.87. The van der Waals surface area contributed by atoms with Gasteiger partial charge in [-0.15, -0.1) is 0 Å². The number of nitro groups is 4. The van der Waals surface area contributed by atoms with Crippen LogP contribution in [-0.4, -0.2) is 145 Å². The van der Waals surface area contributed by atoms with Gasteiger partial charge in [-0.25, -0.2) is 30.7 Å². The van der Waals surface area contributed by atoms with E-state index in [1.165, 1.54) is 129 Å². The molecule has 1 heterocycles. The molecule has 9 rings (SSSR count). The number of nitrogen functional groups attached to an aromatic ring is 1. The van der Waals surface area contributed by atoms with E-state index in [4.69, 9.17) is 26.4 Å². The van der Waals surface area contributed by atoms with E-state index in [2.05, 4.69) is 36.3 Å². The number of nitro benzene ring substituents is 4. The molecular formula is C81H110F10N9O12Pd-. The van der Waals surface area contributed by atoms with Gasteiger partial charge in [-0.1, -0.05) is 125 Å². The van der Waals surface area contributed by atoms with E-state index >= 15 is 0 Å². The fourth-order valence-electron chi connectivity index (χ4n) is 9.76. The summed E-state index contributed by atoms with van der Waals surface area (Å²) in [7, 11) is 1.00. The number of hydrogen-bond acceptors (Lipinski definition) is 17. The third-order valence-electron chi connectivity index (χ3n) is 15.9. The number of rotatable bonds is 34. The van der Waals surface area contributed by atoms with Crippen molar-refractivity contribution in [3.05, 3.63) is 304 Å². The molecule has 0 bridgehead atoms. The zero-order valence-electron chi connectivity index (χ0n) is 63.4. The normalized spacial score (nSPS) is 11.7. The van der Waals surface area contributed by atoms with E-state index in [0.717, 1.165) is 98.6 Å². The molecule has 0 spiro atoms. The number of benzene rings is 8. The third-order valence-corrected chi connectivity index (χ3v) is 15.9. The van der Waals surface area contributed by atoms with Gasteiger partial charge in [0.25, 0.3) is 22.7 Å². The first kappa shape index (κ1) is 112. The molecule has 1 fully saturated rings. The number of nitrogens with zero attached hydrogens (tertiary/aromatic N) is 5. The van der Waals surface area contributed by atoms with Crippen LogP contribution in [0.15, 0.2) is 194 Å². The Morgan fingerprint density at radius 3 is 1.04 bits per heavy atom. The van der Waals surface area contributed by atoms with Crippen molar-refractivity contribution in [2.45, 2.75) is 123 Å². The van der Waals surface area contributed by atoms with Gasteiger partial charge in [0.2, 0.25) is 0 Å². The number of carbonyl (C=O) groups is 1. The first-order chi connectivity index (χ1) is 51.4. The fourth-order valence-corrected chi connectivity index (χ4v) is 9.76. The Morgan fingerprint density at radius 1 is 0.487 bits per heavy atom. The van der Waals surface area contributed by atoms with Crippen LogP contribution in [0.1, 0.15) is 92.0 Å². The van der Waals surface area contributed by atoms with Gasteiger partial charge in [0, 0.05) is 113 Å². The number of anilines is 1. The molecule has 4 unspecified atom stereocenters. The van der Waals surface area contributed by atoms with Crippen LogP contribution < -0.4 is 22.1 Å². The predicted molar refractivity (Wildman–Crippen MR) is 425 cm³/mol. The van der Waals surface area contributed by atoms with E-state index in [-0.39, 0.29) is 115 Å². The molecule has 8 N–H and O–H groups in total. The minimum atomic E-state index is -1.03. The van der Waals surface area contributed by atoms with Crippen molar-refractivity contribution in [2.24, 2.45) is 5.73 Å². The number of aliphatic hydroxyl groups is 2. The standard InChI is InChI=1S/C18H20F2N2O2.C18H22F2N2.C9H10FNO3.C9H8FNO3.C9H12FN.C9H9NO3.C6H15N.CH4O.CH4.CH3.3FH.Pd/c19-13-17(12-15-5-9-18(10-6-15)22(23)24)21-11-1-2-14-3-7-16(20)8-4-14;19-13-18(12-15-5-9-17(21)10-6-15)22-11-1-2-14-3-7-16(20)8-4-14;2*10-6-9(12)5-7-1-3-8(4-2-7)11(13)14;10-9-5-3-8(4-6-9)2-1-7-11;11-10(12)8-3-1-7(2-4-8)5-9-6-13-9;1-4-7(5-2)6-3;1-2;;;;;;/h3-10,17,21H,1-2,11-13H2;3-10,18,22H,1-2,11-13,21H2;1-4,9,12H,5-6H2;1-4H,5-6H2;3-6H,1-2,7,11H2;1-4,9H,5-6H2;4-6H2,1-3H3;2H,1H3;1H4;1H3;3*1H;/q;;;;;;;;;-1;;;;. The summed E-state index contributed by atoms with van der Waals surface area (Å²) < 4.78 is 93.0. The maximum Gasteiger partial charge on any atom is 0.269 e. The Kier molecular flexibility index (Phi) is 66.5. The van der Waals surface area contributed by atoms with Crippen LogP contribution in [0.2, 0.25) is 0 Å². The molecule has 632 valence electrons. The minimum Gasteiger partial charge on any atom is -0.400 e. The molecule has 0 saturated carbocycles. The zero-order chi connectivity index (χ0) is 79.3. The van der Waals surface area contributed by atoms with Gasteiger partial charge in [0.15, 0.2) is 5.78 Å². The van der Waals surface area contributed by atoms with Crippen LogP contribution in [0.3, 0.4) is 0 Å². The molecule has 8 aromatic rings. The number of aryl methyl sites for hydroxylation is 3. The average molecular weight is 1700 g/mol. The van der Waals surface area contributed by atoms with Crippen molar-refractivity contribution in [1.82, 2.24) is 15.5 Å². The van der Waals surface area contributed by atoms with Gasteiger partial charge in [-0.2, -0.15) is 0 Å². The monoisotopic (exact) mass is 1700 g/mol. The smallest absolute Gasteiger partial charge is 0.269 e. The summed E-state index contributed by atoms with van der Waals surface area (Å²) in [5.41, 5.74) is 19.4. The van der Waals surface area contributed by atoms with Crippen molar-refractivity contribution in [3.8, 4) is 0 Å². The van der Waals surface area contributed by atoms with Crippen LogP contribution >= 0.6 is 0 Å². The zero-order valence-corrected chi connectivity index (χ0v) is 64.9. The molecule has 0 aromatic heterocycles. The van der Waals surface area contributed by atoms with Gasteiger partial charge in [-0.05, 0) is 184 Å². The number of halogens is 10. The van der Waals surface area contributed by atoms with Crippen molar-refractivity contribution in [2.75, 3.05) is 85.4 Å². The Bertz CT molecular complexity index is 3720. The number of ether oxygens (including phenoxy) is 1. The second-order valence-corrected chi connectivity index (χ2v) is 24.1. The number of nitrogens with one attached hydrogen (secondary N) is 2. The van der Waals surface area contributed by atoms with Gasteiger partial charge in [0.1, 0.15) is 44.2 Å². The van der Waals surface area contributed by atoms with E-state index in [0.29, 0.717) is 48.8 Å². The number of ketones is 1. The summed E-state index contributed by atoms with van der Waals surface area (Å²) in [6, 6.07) is 50.4. The molecule has 1 aliphatic rings. The number of aliphatic hydroxyl groups excluding tert-OH is 2. The number of nitrogens with two attached hydrogens (primary N) is 2. The summed E-state index contributed by atoms with van der Waals surface area (Å²) in [6.45, 7) is 10.3. The molecule has 1 aliphatic heterocycles. The first-order valence-corrected chi connectivity index (χ1v) is 34.8. The van der Waals surface area contributed by atoms with Crippen molar-refractivity contribution < 1.29 is 105 Å². The Hall–Kier alpha value is -9.49. The summed E-state index contributed by atoms with van der Waals surface area (Å²) in [5, 5.41) is 63.9. The molecule has 0 aliphatic carbocycles. The summed E-state index contributed by atoms with van der Waals surface area (Å²) >= 11 is 0. The molecule has 0 radical (unpaired) electrons. The molecule has 21 nitrogen and oxygen atoms in total. The Labute approximate surface area is 669 Å². The number of non-ortho nitro benzene ring substituents is 4. The predicted octanol–water partition coefficient (Wildman–Crippen LogP) is 16.2. The van der Waals surface area contributed by atoms with Crippen molar-refractivity contribution >= 4 is 34.2 Å². The molecule has 1 saturated heterocycles. The van der Waals surface area contributed by atoms with Gasteiger partial charge < -0.3 is 49.4 Å². The number of Topliss-reactive ketones (excluding diaryl/α,β-unsaturated/α-hetero) is 1. The van der Waals surface area contributed by atoms with Crippen LogP contribution in [0.4, 0.5) is 73.3 Å². The Balaban J connectivity index is -0.000000407. The summed E-state index contributed by atoms with van der Waals surface area (Å²) in [4.78, 5) is 52.7. The minimum absolute atomic E-state index is 0. The van der Waals surface area contributed by atoms with Crippen LogP contribution in [0, 0.1) is 65.3 Å². The number of carbonyl (C=O) groups excluding carboxylic acids is 1. The van der Waals surface area contributed by atoms with Crippen LogP contribution in [-0.2, 0) is 81.3 Å². The number of epoxide rings is 1. The van der Waals surface area contributed by atoms with Gasteiger partial charge in [-0.3, -0.25) is 59.4 Å². The summed E-state index contributed by atoms with van der Waals surface area (Å²) in [6.07, 6.45) is 6.71. The SMILES string of the molecule is C.CCN(CC)CC.CO.F.F.F.NCCCc1ccc(F)cc1.Nc1ccc(CC(CF)NCCCc2ccc(F)cc2)cc1.O=C(CF)Cc1ccc([N+](=O)[O-])cc1.O=[N+]([O-])c1ccc(CC(CF)NCCCc2ccc(F)cc2)cc1.O=[N+]([O-])c1ccc(CC(O)CF)cc1.O=[N+]([O-])c1ccc(CC2CO2)cc1.[CH3-].[Pd]. The van der Waals surface area contributed by atoms with E-state index in [1.54, 1.807) is 60.7 Å². The van der Waals surface area contributed by atoms with E-state index < -0.39 is 58.3 Å². The first-order valence-electron chi connectivity index (χ1n) is 34.8. The third kappa shape index (κ3) is 51.7. The summed E-state index contributed by atoms with van der Waals surface area (Å²) in [5.74, 6) is -1.18. The number of alkyl halides is 4. The fraction of sp³-hybridized carbons (Fsp3) is 0.383. The van der Waals surface area contributed by atoms with Crippen molar-refractivity contribution in [3.63, 3.8) is 0 Å². The van der Waals surface area contributed by atoms with Crippen LogP contribution in [0.5, 0.6) is 0 Å². The van der Waals surface area contributed by atoms with Gasteiger partial charge in [0.05, 0.1) is 38.5 Å². The number of hydrogen-bond donors (Lipinski definition) is 6. The molecule has 32 heteroatoms. The van der Waals surface area contributed by atoms with E-state index in [9.17, 15) is 76.0 Å². The second-order valence-electron chi connectivity index (χ2n) is 24.1. The van der Waals surface area contributed by atoms with Gasteiger partial charge >= 0.3 is 0 Å². The quantitative estimate of drug-likeness (QED) is 0.00319. The molecule has 8 aromatic carbocycles. The largest absolute Gasteiger partial charge is 0.400 e. The molecule has 4 atom stereocenters. The molecular weight excluding hydrogens is 1590 g/mol. The molecule has 113 heavy (non-hydrogen) atoms.